The topological polar surface area (TPSA) is 91.0 Å². The fourth-order valence-corrected chi connectivity index (χ4v) is 1.37. The molecular formula is C10H12N4O. The highest BCUT2D eigenvalue weighted by Gasteiger charge is 2.04. The van der Waals surface area contributed by atoms with E-state index in [1.165, 1.54) is 0 Å². The third-order valence-electron chi connectivity index (χ3n) is 2.15. The molecule has 4 N–H and O–H groups in total. The molecule has 0 bridgehead atoms. The summed E-state index contributed by atoms with van der Waals surface area (Å²) in [5.74, 6) is 0.538. The van der Waals surface area contributed by atoms with E-state index in [4.69, 9.17) is 15.9 Å². The van der Waals surface area contributed by atoms with Crippen LogP contribution in [0.3, 0.4) is 0 Å². The Bertz CT molecular complexity index is 452. The highest BCUT2D eigenvalue weighted by Crippen LogP contribution is 2.13. The first-order valence-corrected chi connectivity index (χ1v) is 4.67. The van der Waals surface area contributed by atoms with Crippen molar-refractivity contribution >= 4 is 11.7 Å². The second-order valence-corrected chi connectivity index (χ2v) is 3.23. The molecule has 2 aromatic rings. The molecule has 0 radical (unpaired) electrons. The Hall–Kier alpha value is -2.04. The van der Waals surface area contributed by atoms with Crippen LogP contribution in [0.25, 0.3) is 0 Å². The van der Waals surface area contributed by atoms with Crippen LogP contribution in [0.2, 0.25) is 0 Å². The SMILES string of the molecule is Nc1nnc(CCc2ccccc2N)o1. The van der Waals surface area contributed by atoms with Gasteiger partial charge in [0.2, 0.25) is 5.89 Å². The lowest BCUT2D eigenvalue weighted by molar-refractivity contribution is 0.509. The molecule has 1 heterocycles. The molecule has 2 rings (SSSR count). The number of aromatic nitrogens is 2. The summed E-state index contributed by atoms with van der Waals surface area (Å²) in [5.41, 5.74) is 13.0. The number of nitrogens with zero attached hydrogens (tertiary/aromatic N) is 2. The number of anilines is 2. The number of aryl methyl sites for hydroxylation is 2. The van der Waals surface area contributed by atoms with Gasteiger partial charge in [-0.25, -0.2) is 0 Å². The Morgan fingerprint density at radius 3 is 2.53 bits per heavy atom. The number of nitrogens with two attached hydrogens (primary N) is 2. The first kappa shape index (κ1) is 9.51. The molecule has 5 heteroatoms. The molecule has 1 aromatic heterocycles. The van der Waals surface area contributed by atoms with E-state index in [0.29, 0.717) is 12.3 Å². The third-order valence-corrected chi connectivity index (χ3v) is 2.15. The summed E-state index contributed by atoms with van der Waals surface area (Å²) in [6.45, 7) is 0. The second kappa shape index (κ2) is 4.00. The summed E-state index contributed by atoms with van der Waals surface area (Å²) >= 11 is 0. The Kier molecular flexibility index (Phi) is 2.53. The van der Waals surface area contributed by atoms with Gasteiger partial charge in [0.25, 0.3) is 0 Å². The lowest BCUT2D eigenvalue weighted by Crippen LogP contribution is -1.96. The molecular weight excluding hydrogens is 192 g/mol. The molecule has 0 unspecified atom stereocenters. The van der Waals surface area contributed by atoms with Crippen molar-refractivity contribution in [3.05, 3.63) is 35.7 Å². The molecule has 0 aliphatic heterocycles. The summed E-state index contributed by atoms with van der Waals surface area (Å²) in [6.07, 6.45) is 1.42. The van der Waals surface area contributed by atoms with E-state index in [0.717, 1.165) is 17.7 Å². The molecule has 15 heavy (non-hydrogen) atoms. The fourth-order valence-electron chi connectivity index (χ4n) is 1.37. The van der Waals surface area contributed by atoms with Crippen molar-refractivity contribution in [3.63, 3.8) is 0 Å². The van der Waals surface area contributed by atoms with Crippen LogP contribution in [0.15, 0.2) is 28.7 Å². The van der Waals surface area contributed by atoms with Crippen molar-refractivity contribution in [1.82, 2.24) is 10.2 Å². The van der Waals surface area contributed by atoms with Gasteiger partial charge in [0.15, 0.2) is 0 Å². The molecule has 1 aromatic carbocycles. The van der Waals surface area contributed by atoms with Crippen molar-refractivity contribution in [3.8, 4) is 0 Å². The van der Waals surface area contributed by atoms with Gasteiger partial charge in [0, 0.05) is 12.1 Å². The maximum absolute atomic E-state index is 5.80. The Morgan fingerprint density at radius 2 is 1.87 bits per heavy atom. The van der Waals surface area contributed by atoms with Crippen LogP contribution in [0.1, 0.15) is 11.5 Å². The minimum absolute atomic E-state index is 0.103. The summed E-state index contributed by atoms with van der Waals surface area (Å²) in [6, 6.07) is 7.82. The van der Waals surface area contributed by atoms with E-state index in [1.807, 2.05) is 24.3 Å². The van der Waals surface area contributed by atoms with Crippen molar-refractivity contribution in [2.24, 2.45) is 0 Å². The molecule has 0 fully saturated rings. The van der Waals surface area contributed by atoms with Gasteiger partial charge in [-0.15, -0.1) is 5.10 Å². The van der Waals surface area contributed by atoms with Crippen LogP contribution >= 0.6 is 0 Å². The minimum atomic E-state index is 0.103. The third kappa shape index (κ3) is 2.25. The van der Waals surface area contributed by atoms with Gasteiger partial charge < -0.3 is 15.9 Å². The Balaban J connectivity index is 2.02. The first-order chi connectivity index (χ1) is 7.25. The second-order valence-electron chi connectivity index (χ2n) is 3.23. The first-order valence-electron chi connectivity index (χ1n) is 4.67. The monoisotopic (exact) mass is 204 g/mol. The van der Waals surface area contributed by atoms with E-state index in [-0.39, 0.29) is 6.01 Å². The predicted octanol–water partition coefficient (Wildman–Crippen LogP) is 1.02. The average Bonchev–Trinajstić information content (AvgIpc) is 2.63. The standard InChI is InChI=1S/C10H12N4O/c11-8-4-2-1-3-7(8)5-6-9-13-14-10(12)15-9/h1-4H,5-6,11H2,(H2,12,14). The van der Waals surface area contributed by atoms with Crippen LogP contribution in [0, 0.1) is 0 Å². The zero-order valence-corrected chi connectivity index (χ0v) is 8.18. The number of hydrogen-bond donors (Lipinski definition) is 2. The number of benzene rings is 1. The zero-order valence-electron chi connectivity index (χ0n) is 8.18. The maximum Gasteiger partial charge on any atom is 0.312 e. The summed E-state index contributed by atoms with van der Waals surface area (Å²) in [5, 5.41) is 7.36. The van der Waals surface area contributed by atoms with Gasteiger partial charge in [-0.05, 0) is 18.1 Å². The van der Waals surface area contributed by atoms with Gasteiger partial charge in [-0.1, -0.05) is 23.3 Å². The molecule has 78 valence electrons. The molecule has 0 aliphatic rings. The summed E-state index contributed by atoms with van der Waals surface area (Å²) in [7, 11) is 0. The quantitative estimate of drug-likeness (QED) is 0.728. The van der Waals surface area contributed by atoms with Crippen molar-refractivity contribution < 1.29 is 4.42 Å². The average molecular weight is 204 g/mol. The highest BCUT2D eigenvalue weighted by molar-refractivity contribution is 5.46. The van der Waals surface area contributed by atoms with Crippen LogP contribution in [0.5, 0.6) is 0 Å². The number of para-hydroxylation sites is 1. The summed E-state index contributed by atoms with van der Waals surface area (Å²) < 4.78 is 5.06. The maximum atomic E-state index is 5.80. The van der Waals surface area contributed by atoms with Crippen molar-refractivity contribution in [2.75, 3.05) is 11.5 Å². The van der Waals surface area contributed by atoms with E-state index >= 15 is 0 Å². The van der Waals surface area contributed by atoms with Gasteiger partial charge >= 0.3 is 6.01 Å². The van der Waals surface area contributed by atoms with Crippen molar-refractivity contribution in [1.29, 1.82) is 0 Å². The van der Waals surface area contributed by atoms with Crippen LogP contribution in [-0.4, -0.2) is 10.2 Å². The van der Waals surface area contributed by atoms with Gasteiger partial charge in [0.05, 0.1) is 0 Å². The Labute approximate surface area is 87.1 Å². The minimum Gasteiger partial charge on any atom is -0.408 e. The lowest BCUT2D eigenvalue weighted by atomic mass is 10.1. The van der Waals surface area contributed by atoms with Crippen LogP contribution in [-0.2, 0) is 12.8 Å². The molecule has 0 amide bonds. The van der Waals surface area contributed by atoms with Gasteiger partial charge in [0.1, 0.15) is 0 Å². The normalized spacial score (nSPS) is 10.4. The molecule has 0 atom stereocenters. The van der Waals surface area contributed by atoms with Crippen molar-refractivity contribution in [2.45, 2.75) is 12.8 Å². The zero-order chi connectivity index (χ0) is 10.7. The number of rotatable bonds is 3. The predicted molar refractivity (Wildman–Crippen MR) is 57.0 cm³/mol. The molecule has 0 saturated heterocycles. The number of hydrogen-bond acceptors (Lipinski definition) is 5. The van der Waals surface area contributed by atoms with E-state index < -0.39 is 0 Å². The molecule has 5 nitrogen and oxygen atoms in total. The Morgan fingerprint density at radius 1 is 1.07 bits per heavy atom. The molecule has 0 aliphatic carbocycles. The molecule has 0 saturated carbocycles. The molecule has 0 spiro atoms. The number of nitrogen functional groups attached to an aromatic ring is 2. The lowest BCUT2D eigenvalue weighted by Gasteiger charge is -2.02. The van der Waals surface area contributed by atoms with Gasteiger partial charge in [-0.2, -0.15) is 0 Å². The van der Waals surface area contributed by atoms with E-state index in [1.54, 1.807) is 0 Å². The largest absolute Gasteiger partial charge is 0.408 e. The summed E-state index contributed by atoms with van der Waals surface area (Å²) in [4.78, 5) is 0. The van der Waals surface area contributed by atoms with Crippen LogP contribution in [0.4, 0.5) is 11.7 Å². The van der Waals surface area contributed by atoms with E-state index in [9.17, 15) is 0 Å². The fraction of sp³-hybridized carbons (Fsp3) is 0.200. The van der Waals surface area contributed by atoms with Gasteiger partial charge in [-0.3, -0.25) is 0 Å². The highest BCUT2D eigenvalue weighted by atomic mass is 16.4. The smallest absolute Gasteiger partial charge is 0.312 e. The van der Waals surface area contributed by atoms with Crippen LogP contribution < -0.4 is 11.5 Å². The van der Waals surface area contributed by atoms with E-state index in [2.05, 4.69) is 10.2 Å².